The number of methoxy groups -OCH3 is 4. The van der Waals surface area contributed by atoms with Crippen LogP contribution in [0.15, 0.2) is 54.9 Å². The Morgan fingerprint density at radius 2 is 1.58 bits per heavy atom. The lowest BCUT2D eigenvalue weighted by Gasteiger charge is -2.27. The van der Waals surface area contributed by atoms with Crippen molar-refractivity contribution < 1.29 is 18.9 Å². The van der Waals surface area contributed by atoms with Crippen molar-refractivity contribution in [3.63, 3.8) is 0 Å². The van der Waals surface area contributed by atoms with Gasteiger partial charge in [-0.05, 0) is 54.5 Å². The molecule has 33 heavy (non-hydrogen) atoms. The van der Waals surface area contributed by atoms with Gasteiger partial charge in [-0.1, -0.05) is 12.1 Å². The van der Waals surface area contributed by atoms with Crippen LogP contribution in [-0.2, 0) is 13.1 Å². The standard InChI is InChI=1S/C25H29N3O4S/c1-17-8-9-20(22(11-17)30-3)27-25(33)28(15-18-7-6-10-26-14-18)16-19-12-23(31-4)24(32-5)13-21(19)29-2/h6-14H,15-16H2,1-5H3,(H,27,33). The van der Waals surface area contributed by atoms with Crippen LogP contribution in [0.1, 0.15) is 16.7 Å². The van der Waals surface area contributed by atoms with Gasteiger partial charge in [0.2, 0.25) is 0 Å². The summed E-state index contributed by atoms with van der Waals surface area (Å²) in [5.41, 5.74) is 3.82. The Bertz CT molecular complexity index is 1090. The lowest BCUT2D eigenvalue weighted by molar-refractivity contribution is 0.341. The van der Waals surface area contributed by atoms with Crippen LogP contribution in [-0.4, -0.2) is 43.4 Å². The average molecular weight is 468 g/mol. The Kier molecular flexibility index (Phi) is 8.32. The summed E-state index contributed by atoms with van der Waals surface area (Å²) in [6, 6.07) is 13.6. The summed E-state index contributed by atoms with van der Waals surface area (Å²) >= 11 is 5.83. The maximum atomic E-state index is 5.83. The molecule has 3 rings (SSSR count). The SMILES string of the molecule is COc1cc(OC)c(OC)cc1CN(Cc1cccnc1)C(=S)Nc1ccc(C)cc1OC. The fourth-order valence-corrected chi connectivity index (χ4v) is 3.67. The molecule has 0 aliphatic carbocycles. The summed E-state index contributed by atoms with van der Waals surface area (Å²) in [5, 5.41) is 3.87. The second-order valence-corrected chi connectivity index (χ2v) is 7.76. The van der Waals surface area contributed by atoms with Gasteiger partial charge in [0.25, 0.3) is 0 Å². The number of aryl methyl sites for hydroxylation is 1. The van der Waals surface area contributed by atoms with E-state index in [1.54, 1.807) is 34.6 Å². The van der Waals surface area contributed by atoms with Crippen molar-refractivity contribution in [2.45, 2.75) is 20.0 Å². The van der Waals surface area contributed by atoms with Crippen LogP contribution in [0, 0.1) is 6.92 Å². The number of benzene rings is 2. The highest BCUT2D eigenvalue weighted by atomic mass is 32.1. The van der Waals surface area contributed by atoms with Gasteiger partial charge in [0.05, 0.1) is 34.1 Å². The number of ether oxygens (including phenoxy) is 4. The smallest absolute Gasteiger partial charge is 0.174 e. The number of anilines is 1. The van der Waals surface area contributed by atoms with Gasteiger partial charge in [-0.2, -0.15) is 0 Å². The third-order valence-corrected chi connectivity index (χ3v) is 5.49. The molecule has 1 aromatic heterocycles. The number of rotatable bonds is 9. The lowest BCUT2D eigenvalue weighted by Crippen LogP contribution is -2.34. The summed E-state index contributed by atoms with van der Waals surface area (Å²) in [4.78, 5) is 6.27. The molecule has 0 aliphatic rings. The number of aromatic nitrogens is 1. The number of hydrogen-bond donors (Lipinski definition) is 1. The molecular weight excluding hydrogens is 438 g/mol. The summed E-state index contributed by atoms with van der Waals surface area (Å²) in [6.07, 6.45) is 3.58. The summed E-state index contributed by atoms with van der Waals surface area (Å²) < 4.78 is 22.1. The molecule has 8 heteroatoms. The van der Waals surface area contributed by atoms with Gasteiger partial charge in [0, 0.05) is 37.1 Å². The Labute approximate surface area is 200 Å². The summed E-state index contributed by atoms with van der Waals surface area (Å²) in [6.45, 7) is 3.03. The monoisotopic (exact) mass is 467 g/mol. The van der Waals surface area contributed by atoms with Crippen LogP contribution < -0.4 is 24.3 Å². The molecule has 1 N–H and O–H groups in total. The van der Waals surface area contributed by atoms with Crippen molar-refractivity contribution in [3.05, 3.63) is 71.5 Å². The molecule has 0 radical (unpaired) electrons. The number of nitrogens with zero attached hydrogens (tertiary/aromatic N) is 2. The van der Waals surface area contributed by atoms with E-state index in [0.717, 1.165) is 28.1 Å². The van der Waals surface area contributed by atoms with Gasteiger partial charge in [0.15, 0.2) is 16.6 Å². The van der Waals surface area contributed by atoms with Crippen LogP contribution in [0.3, 0.4) is 0 Å². The fraction of sp³-hybridized carbons (Fsp3) is 0.280. The first kappa shape index (κ1) is 24.1. The Morgan fingerprint density at radius 3 is 2.21 bits per heavy atom. The molecule has 0 saturated heterocycles. The summed E-state index contributed by atoms with van der Waals surface area (Å²) in [7, 11) is 6.48. The number of hydrogen-bond acceptors (Lipinski definition) is 6. The third kappa shape index (κ3) is 6.04. The highest BCUT2D eigenvalue weighted by Crippen LogP contribution is 2.35. The van der Waals surface area contributed by atoms with Crippen LogP contribution in [0.25, 0.3) is 0 Å². The molecule has 3 aromatic rings. The van der Waals surface area contributed by atoms with Crippen LogP contribution >= 0.6 is 12.2 Å². The second-order valence-electron chi connectivity index (χ2n) is 7.37. The lowest BCUT2D eigenvalue weighted by atomic mass is 10.1. The minimum absolute atomic E-state index is 0.471. The van der Waals surface area contributed by atoms with E-state index in [9.17, 15) is 0 Å². The van der Waals surface area contributed by atoms with E-state index < -0.39 is 0 Å². The van der Waals surface area contributed by atoms with E-state index in [1.807, 2.05) is 60.5 Å². The normalized spacial score (nSPS) is 10.3. The van der Waals surface area contributed by atoms with Crippen molar-refractivity contribution >= 4 is 23.0 Å². The van der Waals surface area contributed by atoms with E-state index in [1.165, 1.54) is 0 Å². The zero-order valence-corrected chi connectivity index (χ0v) is 20.4. The topological polar surface area (TPSA) is 65.1 Å². The van der Waals surface area contributed by atoms with Gasteiger partial charge in [0.1, 0.15) is 11.5 Å². The molecular formula is C25H29N3O4S. The van der Waals surface area contributed by atoms with Gasteiger partial charge in [-0.25, -0.2) is 0 Å². The van der Waals surface area contributed by atoms with Crippen LogP contribution in [0.5, 0.6) is 23.0 Å². The zero-order valence-electron chi connectivity index (χ0n) is 19.5. The maximum absolute atomic E-state index is 5.83. The molecule has 0 unspecified atom stereocenters. The molecule has 0 saturated carbocycles. The fourth-order valence-electron chi connectivity index (χ4n) is 3.43. The van der Waals surface area contributed by atoms with Gasteiger partial charge < -0.3 is 29.2 Å². The third-order valence-electron chi connectivity index (χ3n) is 5.13. The zero-order chi connectivity index (χ0) is 23.8. The van der Waals surface area contributed by atoms with E-state index in [0.29, 0.717) is 35.5 Å². The molecule has 0 bridgehead atoms. The van der Waals surface area contributed by atoms with E-state index in [4.69, 9.17) is 31.2 Å². The highest BCUT2D eigenvalue weighted by Gasteiger charge is 2.18. The number of nitrogens with one attached hydrogen (secondary N) is 1. The Hall–Kier alpha value is -3.52. The van der Waals surface area contributed by atoms with Crippen LogP contribution in [0.4, 0.5) is 5.69 Å². The molecule has 0 atom stereocenters. The van der Waals surface area contributed by atoms with E-state index in [-0.39, 0.29) is 0 Å². The predicted molar refractivity (Wildman–Crippen MR) is 134 cm³/mol. The van der Waals surface area contributed by atoms with Gasteiger partial charge in [-0.15, -0.1) is 0 Å². The quantitative estimate of drug-likeness (QED) is 0.449. The molecule has 0 fully saturated rings. The highest BCUT2D eigenvalue weighted by molar-refractivity contribution is 7.80. The number of thiocarbonyl (C=S) groups is 1. The first-order chi connectivity index (χ1) is 16.0. The van der Waals surface area contributed by atoms with Gasteiger partial charge in [-0.3, -0.25) is 4.98 Å². The predicted octanol–water partition coefficient (Wildman–Crippen LogP) is 4.82. The van der Waals surface area contributed by atoms with Crippen molar-refractivity contribution in [1.29, 1.82) is 0 Å². The van der Waals surface area contributed by atoms with Crippen molar-refractivity contribution in [1.82, 2.24) is 9.88 Å². The van der Waals surface area contributed by atoms with Crippen molar-refractivity contribution in [2.24, 2.45) is 0 Å². The van der Waals surface area contributed by atoms with Crippen molar-refractivity contribution in [3.8, 4) is 23.0 Å². The molecule has 0 amide bonds. The van der Waals surface area contributed by atoms with Crippen molar-refractivity contribution in [2.75, 3.05) is 33.8 Å². The Balaban J connectivity index is 1.94. The second kappa shape index (κ2) is 11.4. The Morgan fingerprint density at radius 1 is 0.879 bits per heavy atom. The number of pyridine rings is 1. The van der Waals surface area contributed by atoms with Crippen LogP contribution in [0.2, 0.25) is 0 Å². The minimum atomic E-state index is 0.471. The molecule has 0 aliphatic heterocycles. The molecule has 0 spiro atoms. The maximum Gasteiger partial charge on any atom is 0.174 e. The first-order valence-electron chi connectivity index (χ1n) is 10.4. The largest absolute Gasteiger partial charge is 0.496 e. The van der Waals surface area contributed by atoms with E-state index >= 15 is 0 Å². The van der Waals surface area contributed by atoms with Gasteiger partial charge >= 0.3 is 0 Å². The summed E-state index contributed by atoms with van der Waals surface area (Å²) in [5.74, 6) is 2.62. The molecule has 7 nitrogen and oxygen atoms in total. The van der Waals surface area contributed by atoms with E-state index in [2.05, 4.69) is 10.3 Å². The molecule has 174 valence electrons. The average Bonchev–Trinajstić information content (AvgIpc) is 2.84. The molecule has 1 heterocycles. The molecule has 2 aromatic carbocycles. The minimum Gasteiger partial charge on any atom is -0.496 e. The first-order valence-corrected chi connectivity index (χ1v) is 10.8.